The van der Waals surface area contributed by atoms with Crippen molar-refractivity contribution in [3.8, 4) is 6.07 Å². The van der Waals surface area contributed by atoms with E-state index in [1.54, 1.807) is 7.11 Å². The van der Waals surface area contributed by atoms with Crippen LogP contribution in [0.25, 0.3) is 0 Å². The van der Waals surface area contributed by atoms with Crippen LogP contribution in [0.1, 0.15) is 26.7 Å². The lowest BCUT2D eigenvalue weighted by Crippen LogP contribution is -2.59. The van der Waals surface area contributed by atoms with Crippen LogP contribution in [0.5, 0.6) is 0 Å². The summed E-state index contributed by atoms with van der Waals surface area (Å²) >= 11 is 0. The molecule has 1 N–H and O–H groups in total. The molecule has 1 aliphatic carbocycles. The van der Waals surface area contributed by atoms with Crippen molar-refractivity contribution >= 4 is 0 Å². The fourth-order valence-electron chi connectivity index (χ4n) is 1.68. The lowest BCUT2D eigenvalue weighted by atomic mass is 9.75. The molecule has 3 nitrogen and oxygen atoms in total. The normalized spacial score (nSPS) is 34.4. The standard InChI is InChI=1S/C9H16N2O/c1-7(2)11-9(6-10)4-8(5-9)12-3/h7-8,11H,4-5H2,1-3H3. The van der Waals surface area contributed by atoms with Crippen LogP contribution in [-0.4, -0.2) is 24.8 Å². The van der Waals surface area contributed by atoms with Gasteiger partial charge in [-0.1, -0.05) is 0 Å². The predicted octanol–water partition coefficient (Wildman–Crippen LogP) is 1.06. The minimum atomic E-state index is -0.311. The highest BCUT2D eigenvalue weighted by Crippen LogP contribution is 2.33. The van der Waals surface area contributed by atoms with Gasteiger partial charge in [0.1, 0.15) is 5.54 Å². The first-order valence-corrected chi connectivity index (χ1v) is 4.33. The fourth-order valence-corrected chi connectivity index (χ4v) is 1.68. The smallest absolute Gasteiger partial charge is 0.111 e. The van der Waals surface area contributed by atoms with Gasteiger partial charge in [-0.05, 0) is 13.8 Å². The highest BCUT2D eigenvalue weighted by Gasteiger charge is 2.45. The second-order valence-corrected chi connectivity index (χ2v) is 3.76. The van der Waals surface area contributed by atoms with Crippen LogP contribution >= 0.6 is 0 Å². The van der Waals surface area contributed by atoms with Crippen molar-refractivity contribution in [3.63, 3.8) is 0 Å². The molecule has 1 rings (SSSR count). The topological polar surface area (TPSA) is 45.0 Å². The summed E-state index contributed by atoms with van der Waals surface area (Å²) in [5.74, 6) is 0. The largest absolute Gasteiger partial charge is 0.381 e. The summed E-state index contributed by atoms with van der Waals surface area (Å²) in [6.07, 6.45) is 1.91. The Kier molecular flexibility index (Phi) is 2.71. The zero-order valence-electron chi connectivity index (χ0n) is 7.92. The number of nitriles is 1. The SMILES string of the molecule is COC1CC(C#N)(NC(C)C)C1. The molecule has 3 heteroatoms. The third-order valence-electron chi connectivity index (χ3n) is 2.26. The Labute approximate surface area is 73.7 Å². The Morgan fingerprint density at radius 1 is 1.58 bits per heavy atom. The molecule has 68 valence electrons. The van der Waals surface area contributed by atoms with Gasteiger partial charge in [-0.3, -0.25) is 5.32 Å². The van der Waals surface area contributed by atoms with Crippen molar-refractivity contribution < 1.29 is 4.74 Å². The first kappa shape index (κ1) is 9.50. The molecule has 1 saturated carbocycles. The molecule has 1 aliphatic rings. The maximum atomic E-state index is 8.93. The molecular weight excluding hydrogens is 152 g/mol. The molecule has 0 aromatic carbocycles. The minimum Gasteiger partial charge on any atom is -0.381 e. The van der Waals surface area contributed by atoms with E-state index in [0.29, 0.717) is 6.04 Å². The van der Waals surface area contributed by atoms with Crippen LogP contribution in [-0.2, 0) is 4.74 Å². The number of rotatable bonds is 3. The maximum absolute atomic E-state index is 8.93. The Hall–Kier alpha value is -0.590. The average Bonchev–Trinajstić information content (AvgIpc) is 1.95. The van der Waals surface area contributed by atoms with E-state index in [-0.39, 0.29) is 11.6 Å². The Balaban J connectivity index is 2.43. The van der Waals surface area contributed by atoms with Crippen LogP contribution in [0.4, 0.5) is 0 Å². The molecule has 0 unspecified atom stereocenters. The van der Waals surface area contributed by atoms with E-state index in [2.05, 4.69) is 25.2 Å². The van der Waals surface area contributed by atoms with E-state index in [1.807, 2.05) is 0 Å². The third kappa shape index (κ3) is 1.77. The van der Waals surface area contributed by atoms with Gasteiger partial charge < -0.3 is 4.74 Å². The zero-order valence-corrected chi connectivity index (χ0v) is 7.92. The minimum absolute atomic E-state index is 0.274. The summed E-state index contributed by atoms with van der Waals surface area (Å²) in [5, 5.41) is 12.2. The average molecular weight is 168 g/mol. The predicted molar refractivity (Wildman–Crippen MR) is 46.6 cm³/mol. The van der Waals surface area contributed by atoms with Crippen molar-refractivity contribution in [2.24, 2.45) is 0 Å². The molecular formula is C9H16N2O. The second-order valence-electron chi connectivity index (χ2n) is 3.76. The molecule has 0 heterocycles. The number of ether oxygens (including phenoxy) is 1. The highest BCUT2D eigenvalue weighted by atomic mass is 16.5. The van der Waals surface area contributed by atoms with Gasteiger partial charge in [-0.25, -0.2) is 0 Å². The number of hydrogen-bond donors (Lipinski definition) is 1. The van der Waals surface area contributed by atoms with Gasteiger partial charge in [0.15, 0.2) is 0 Å². The van der Waals surface area contributed by atoms with Crippen LogP contribution in [0.3, 0.4) is 0 Å². The molecule has 0 amide bonds. The monoisotopic (exact) mass is 168 g/mol. The number of nitrogens with zero attached hydrogens (tertiary/aromatic N) is 1. The summed E-state index contributed by atoms with van der Waals surface area (Å²) in [4.78, 5) is 0. The van der Waals surface area contributed by atoms with E-state index in [0.717, 1.165) is 12.8 Å². The van der Waals surface area contributed by atoms with E-state index in [9.17, 15) is 0 Å². The third-order valence-corrected chi connectivity index (χ3v) is 2.26. The van der Waals surface area contributed by atoms with E-state index < -0.39 is 0 Å². The molecule has 0 aliphatic heterocycles. The summed E-state index contributed by atoms with van der Waals surface area (Å²) in [5.41, 5.74) is -0.311. The van der Waals surface area contributed by atoms with Gasteiger partial charge in [0.25, 0.3) is 0 Å². The maximum Gasteiger partial charge on any atom is 0.111 e. The molecule has 0 radical (unpaired) electrons. The Morgan fingerprint density at radius 3 is 2.50 bits per heavy atom. The van der Waals surface area contributed by atoms with Crippen LogP contribution in [0, 0.1) is 11.3 Å². The van der Waals surface area contributed by atoms with Crippen molar-refractivity contribution in [2.45, 2.75) is 44.4 Å². The zero-order chi connectivity index (χ0) is 9.19. The van der Waals surface area contributed by atoms with Crippen molar-refractivity contribution in [1.29, 1.82) is 5.26 Å². The van der Waals surface area contributed by atoms with Gasteiger partial charge in [0.2, 0.25) is 0 Å². The fraction of sp³-hybridized carbons (Fsp3) is 0.889. The summed E-state index contributed by atoms with van der Waals surface area (Å²) < 4.78 is 5.13. The summed E-state index contributed by atoms with van der Waals surface area (Å²) in [7, 11) is 1.70. The summed E-state index contributed by atoms with van der Waals surface area (Å²) in [6, 6.07) is 2.68. The van der Waals surface area contributed by atoms with Gasteiger partial charge >= 0.3 is 0 Å². The second kappa shape index (κ2) is 3.42. The summed E-state index contributed by atoms with van der Waals surface area (Å²) in [6.45, 7) is 4.11. The molecule has 0 atom stereocenters. The van der Waals surface area contributed by atoms with E-state index in [4.69, 9.17) is 10.00 Å². The molecule has 0 aromatic heterocycles. The van der Waals surface area contributed by atoms with Crippen molar-refractivity contribution in [2.75, 3.05) is 7.11 Å². The van der Waals surface area contributed by atoms with Gasteiger partial charge in [-0.2, -0.15) is 5.26 Å². The number of methoxy groups -OCH3 is 1. The molecule has 0 spiro atoms. The quantitative estimate of drug-likeness (QED) is 0.685. The van der Waals surface area contributed by atoms with Gasteiger partial charge in [-0.15, -0.1) is 0 Å². The van der Waals surface area contributed by atoms with Crippen molar-refractivity contribution in [3.05, 3.63) is 0 Å². The van der Waals surface area contributed by atoms with Gasteiger partial charge in [0, 0.05) is 26.0 Å². The Bertz CT molecular complexity index is 189. The molecule has 0 aromatic rings. The molecule has 1 fully saturated rings. The van der Waals surface area contributed by atoms with Crippen LogP contribution in [0.2, 0.25) is 0 Å². The Morgan fingerprint density at radius 2 is 2.17 bits per heavy atom. The van der Waals surface area contributed by atoms with Gasteiger partial charge in [0.05, 0.1) is 12.2 Å². The lowest BCUT2D eigenvalue weighted by molar-refractivity contribution is -0.0103. The van der Waals surface area contributed by atoms with E-state index in [1.165, 1.54) is 0 Å². The van der Waals surface area contributed by atoms with E-state index >= 15 is 0 Å². The molecule has 0 bridgehead atoms. The number of nitrogens with one attached hydrogen (secondary N) is 1. The van der Waals surface area contributed by atoms with Crippen LogP contribution in [0.15, 0.2) is 0 Å². The highest BCUT2D eigenvalue weighted by molar-refractivity contribution is 5.16. The lowest BCUT2D eigenvalue weighted by Gasteiger charge is -2.43. The van der Waals surface area contributed by atoms with Crippen molar-refractivity contribution in [1.82, 2.24) is 5.32 Å². The molecule has 12 heavy (non-hydrogen) atoms. The first-order chi connectivity index (χ1) is 5.62. The number of hydrogen-bond acceptors (Lipinski definition) is 3. The molecule has 0 saturated heterocycles. The first-order valence-electron chi connectivity index (χ1n) is 4.33. The van der Waals surface area contributed by atoms with Crippen LogP contribution < -0.4 is 5.32 Å².